The maximum atomic E-state index is 2.40. The van der Waals surface area contributed by atoms with Gasteiger partial charge in [-0.15, -0.1) is 0 Å². The Bertz CT molecular complexity index is 1540. The maximum absolute atomic E-state index is 2.40. The van der Waals surface area contributed by atoms with E-state index in [4.69, 9.17) is 0 Å². The molecule has 1 aromatic heterocycles. The summed E-state index contributed by atoms with van der Waals surface area (Å²) in [5.74, 6) is 0. The molecule has 1 unspecified atom stereocenters. The third kappa shape index (κ3) is 4.01. The minimum atomic E-state index is -2.23. The van der Waals surface area contributed by atoms with Crippen molar-refractivity contribution < 1.29 is 0 Å². The summed E-state index contributed by atoms with van der Waals surface area (Å²) in [4.78, 5) is 0. The fourth-order valence-electron chi connectivity index (χ4n) is 5.93. The van der Waals surface area contributed by atoms with Crippen LogP contribution in [0.15, 0.2) is 146 Å². The number of aryl methyl sites for hydroxylation is 2. The molecule has 0 amide bonds. The number of rotatable bonds is 6. The molecule has 0 spiro atoms. The number of fused-ring (bicyclic) bond motifs is 1. The summed E-state index contributed by atoms with van der Waals surface area (Å²) in [5.41, 5.74) is 5.44. The van der Waals surface area contributed by atoms with Gasteiger partial charge in [-0.3, -0.25) is 0 Å². The average Bonchev–Trinajstić information content (AvgIpc) is 3.29. The lowest BCUT2D eigenvalue weighted by atomic mass is 10.0. The molecule has 0 aliphatic carbocycles. The molecule has 1 heterocycles. The highest BCUT2D eigenvalue weighted by Gasteiger charge is 2.54. The zero-order chi connectivity index (χ0) is 25.2. The van der Waals surface area contributed by atoms with E-state index >= 15 is 0 Å². The molecule has 0 N–H and O–H groups in total. The fourth-order valence-corrected chi connectivity index (χ4v) is 10.9. The Morgan fingerprint density at radius 2 is 1.08 bits per heavy atom. The largest absolute Gasteiger partial charge is 0.350 e. The van der Waals surface area contributed by atoms with Gasteiger partial charge in [-0.25, -0.2) is 0 Å². The van der Waals surface area contributed by atoms with Crippen molar-refractivity contribution in [2.24, 2.45) is 7.05 Å². The number of hydrogen-bond acceptors (Lipinski definition) is 0. The van der Waals surface area contributed by atoms with Crippen molar-refractivity contribution in [3.8, 4) is 0 Å². The van der Waals surface area contributed by atoms with Gasteiger partial charge in [-0.2, -0.15) is 0 Å². The van der Waals surface area contributed by atoms with Gasteiger partial charge >= 0.3 is 0 Å². The topological polar surface area (TPSA) is 4.93 Å². The summed E-state index contributed by atoms with van der Waals surface area (Å²) < 4.78 is 2.29. The van der Waals surface area contributed by atoms with E-state index in [0.29, 0.717) is 0 Å². The summed E-state index contributed by atoms with van der Waals surface area (Å²) in [5, 5.41) is 5.51. The van der Waals surface area contributed by atoms with E-state index in [9.17, 15) is 0 Å². The first-order chi connectivity index (χ1) is 18.2. The monoisotopic (exact) mass is 496 g/mol. The number of aromatic nitrogens is 1. The van der Waals surface area contributed by atoms with Crippen LogP contribution in [0.2, 0.25) is 0 Å². The third-order valence-electron chi connectivity index (χ3n) is 7.46. The SMILES string of the molecule is Cc1cccc(C(c2cn(C)c3ccccc23)[P+](c2ccccc2)(c2ccccc2)c2ccccc2)c1. The predicted molar refractivity (Wildman–Crippen MR) is 161 cm³/mol. The average molecular weight is 497 g/mol. The molecule has 0 bridgehead atoms. The van der Waals surface area contributed by atoms with E-state index in [0.717, 1.165) is 0 Å². The molecule has 1 nitrogen and oxygen atoms in total. The van der Waals surface area contributed by atoms with Crippen LogP contribution in [-0.2, 0) is 7.05 Å². The Morgan fingerprint density at radius 1 is 0.568 bits per heavy atom. The molecule has 0 aliphatic rings. The molecule has 0 saturated carbocycles. The Morgan fingerprint density at radius 3 is 1.62 bits per heavy atom. The van der Waals surface area contributed by atoms with Crippen LogP contribution in [0.4, 0.5) is 0 Å². The van der Waals surface area contributed by atoms with Crippen LogP contribution in [0.5, 0.6) is 0 Å². The summed E-state index contributed by atoms with van der Waals surface area (Å²) in [6, 6.07) is 51.7. The van der Waals surface area contributed by atoms with Gasteiger partial charge in [0.15, 0.2) is 0 Å². The van der Waals surface area contributed by atoms with Crippen molar-refractivity contribution >= 4 is 34.1 Å². The highest BCUT2D eigenvalue weighted by Crippen LogP contribution is 2.69. The minimum absolute atomic E-state index is 0.144. The second kappa shape index (κ2) is 9.85. The second-order valence-corrected chi connectivity index (χ2v) is 13.3. The van der Waals surface area contributed by atoms with Crippen LogP contribution >= 0.6 is 7.26 Å². The lowest BCUT2D eigenvalue weighted by Crippen LogP contribution is -2.35. The van der Waals surface area contributed by atoms with Gasteiger partial charge in [-0.05, 0) is 55.0 Å². The molecule has 0 saturated heterocycles. The molecular formula is C35H31NP+. The molecule has 1 atom stereocenters. The summed E-state index contributed by atoms with van der Waals surface area (Å²) in [6.07, 6.45) is 2.38. The van der Waals surface area contributed by atoms with Gasteiger partial charge in [0, 0.05) is 29.7 Å². The highest BCUT2D eigenvalue weighted by atomic mass is 31.2. The van der Waals surface area contributed by atoms with Crippen LogP contribution in [0, 0.1) is 6.92 Å². The predicted octanol–water partition coefficient (Wildman–Crippen LogP) is 7.57. The van der Waals surface area contributed by atoms with Gasteiger partial charge in [0.25, 0.3) is 0 Å². The summed E-state index contributed by atoms with van der Waals surface area (Å²) in [6.45, 7) is 2.21. The van der Waals surface area contributed by atoms with Crippen molar-refractivity contribution in [1.29, 1.82) is 0 Å². The van der Waals surface area contributed by atoms with E-state index in [1.165, 1.54) is 43.5 Å². The summed E-state index contributed by atoms with van der Waals surface area (Å²) in [7, 11) is -0.0580. The van der Waals surface area contributed by atoms with Gasteiger partial charge in [0.1, 0.15) is 28.8 Å². The standard InChI is InChI=1S/C35H31NP/c1-27-15-14-16-28(25-27)35(33-26-36(2)34-24-13-12-23-32(33)34)37(29-17-6-3-7-18-29,30-19-8-4-9-20-30)31-21-10-5-11-22-31/h3-26,35H,1-2H3/q+1. The Balaban J connectivity index is 1.82. The number of nitrogens with zero attached hydrogens (tertiary/aromatic N) is 1. The first kappa shape index (κ1) is 23.5. The second-order valence-electron chi connectivity index (χ2n) is 9.76. The Kier molecular flexibility index (Phi) is 6.25. The number of para-hydroxylation sites is 1. The normalized spacial score (nSPS) is 12.5. The zero-order valence-electron chi connectivity index (χ0n) is 21.3. The quantitative estimate of drug-likeness (QED) is 0.210. The molecule has 6 aromatic rings. The smallest absolute Gasteiger partial charge is 0.136 e. The maximum Gasteiger partial charge on any atom is 0.136 e. The van der Waals surface area contributed by atoms with E-state index in [2.05, 4.69) is 164 Å². The minimum Gasteiger partial charge on any atom is -0.350 e. The van der Waals surface area contributed by atoms with Gasteiger partial charge < -0.3 is 4.57 Å². The first-order valence-corrected chi connectivity index (χ1v) is 14.7. The van der Waals surface area contributed by atoms with E-state index in [1.54, 1.807) is 0 Å². The van der Waals surface area contributed by atoms with Crippen molar-refractivity contribution in [1.82, 2.24) is 4.57 Å². The van der Waals surface area contributed by atoms with Crippen LogP contribution in [-0.4, -0.2) is 4.57 Å². The highest BCUT2D eigenvalue weighted by molar-refractivity contribution is 7.96. The third-order valence-corrected chi connectivity index (χ3v) is 12.1. The fraction of sp³-hybridized carbons (Fsp3) is 0.0857. The lowest BCUT2D eigenvalue weighted by Gasteiger charge is -2.35. The van der Waals surface area contributed by atoms with E-state index in [-0.39, 0.29) is 5.66 Å². The molecule has 5 aromatic carbocycles. The molecule has 180 valence electrons. The van der Waals surface area contributed by atoms with Crippen molar-refractivity contribution in [2.75, 3.05) is 0 Å². The molecule has 0 fully saturated rings. The van der Waals surface area contributed by atoms with Crippen LogP contribution in [0.1, 0.15) is 22.3 Å². The molecule has 37 heavy (non-hydrogen) atoms. The lowest BCUT2D eigenvalue weighted by molar-refractivity contribution is 0.954. The van der Waals surface area contributed by atoms with Crippen LogP contribution in [0.25, 0.3) is 10.9 Å². The van der Waals surface area contributed by atoms with Gasteiger partial charge in [0.2, 0.25) is 0 Å². The first-order valence-electron chi connectivity index (χ1n) is 12.9. The molecule has 0 aliphatic heterocycles. The molecule has 2 heteroatoms. The van der Waals surface area contributed by atoms with Crippen molar-refractivity contribution in [3.63, 3.8) is 0 Å². The Hall–Kier alpha value is -3.93. The van der Waals surface area contributed by atoms with E-state index in [1.807, 2.05) is 0 Å². The summed E-state index contributed by atoms with van der Waals surface area (Å²) >= 11 is 0. The molecule has 6 rings (SSSR count). The Labute approximate surface area is 220 Å². The van der Waals surface area contributed by atoms with E-state index < -0.39 is 7.26 Å². The van der Waals surface area contributed by atoms with Gasteiger partial charge in [-0.1, -0.05) is 103 Å². The van der Waals surface area contributed by atoms with Crippen LogP contribution in [0.3, 0.4) is 0 Å². The van der Waals surface area contributed by atoms with Crippen LogP contribution < -0.4 is 15.9 Å². The molecular weight excluding hydrogens is 465 g/mol. The van der Waals surface area contributed by atoms with Crippen molar-refractivity contribution in [2.45, 2.75) is 12.6 Å². The zero-order valence-corrected chi connectivity index (χ0v) is 22.2. The molecule has 0 radical (unpaired) electrons. The van der Waals surface area contributed by atoms with Crippen molar-refractivity contribution in [3.05, 3.63) is 162 Å². The number of hydrogen-bond donors (Lipinski definition) is 0. The number of benzene rings is 5. The van der Waals surface area contributed by atoms with Gasteiger partial charge in [0.05, 0.1) is 0 Å².